The molecule has 0 aliphatic heterocycles. The van der Waals surface area contributed by atoms with E-state index in [1.807, 2.05) is 0 Å². The molecule has 0 aliphatic rings. The Morgan fingerprint density at radius 3 is 2.78 bits per heavy atom. The van der Waals surface area contributed by atoms with Crippen molar-refractivity contribution in [3.05, 3.63) is 70.9 Å². The number of hydrogen-bond acceptors (Lipinski definition) is 7. The maximum Gasteiger partial charge on any atom is 0.269 e. The first-order valence-electron chi connectivity index (χ1n) is 9.73. The Morgan fingerprint density at radius 2 is 2.03 bits per heavy atom. The standard InChI is InChI=1S/C21H21N7O4/c1-31-14-4-5-18(32-2)15(12-14)16-13-17(25-24-16)21(30)22-9-11-28-20(29)7-6-19(26-28)27-10-3-8-23-27/h3-8,10,12-13H,9,11H2,1-2H3,(H,22,30)(H,24,25). The molecule has 0 saturated heterocycles. The van der Waals surface area contributed by atoms with E-state index < -0.39 is 0 Å². The number of aromatic amines is 1. The highest BCUT2D eigenvalue weighted by molar-refractivity contribution is 5.93. The van der Waals surface area contributed by atoms with Crippen molar-refractivity contribution < 1.29 is 14.3 Å². The molecule has 164 valence electrons. The van der Waals surface area contributed by atoms with Gasteiger partial charge in [0.05, 0.1) is 26.5 Å². The quantitative estimate of drug-likeness (QED) is 0.426. The highest BCUT2D eigenvalue weighted by Crippen LogP contribution is 2.32. The molecule has 32 heavy (non-hydrogen) atoms. The van der Waals surface area contributed by atoms with Crippen LogP contribution in [0.15, 0.2) is 59.7 Å². The van der Waals surface area contributed by atoms with Crippen LogP contribution in [-0.4, -0.2) is 56.4 Å². The first-order valence-corrected chi connectivity index (χ1v) is 9.73. The number of aromatic nitrogens is 6. The molecule has 0 fully saturated rings. The second-order valence-corrected chi connectivity index (χ2v) is 6.69. The van der Waals surface area contributed by atoms with E-state index in [2.05, 4.69) is 25.7 Å². The molecular formula is C21H21N7O4. The number of nitrogens with one attached hydrogen (secondary N) is 2. The number of nitrogens with zero attached hydrogens (tertiary/aromatic N) is 5. The van der Waals surface area contributed by atoms with E-state index in [-0.39, 0.29) is 30.2 Å². The van der Waals surface area contributed by atoms with Crippen molar-refractivity contribution in [2.75, 3.05) is 20.8 Å². The Bertz CT molecular complexity index is 1280. The van der Waals surface area contributed by atoms with Crippen LogP contribution in [0.1, 0.15) is 10.5 Å². The molecule has 4 aromatic rings. The summed E-state index contributed by atoms with van der Waals surface area (Å²) in [4.78, 5) is 24.6. The Hall–Kier alpha value is -4.41. The average molecular weight is 435 g/mol. The van der Waals surface area contributed by atoms with E-state index >= 15 is 0 Å². The van der Waals surface area contributed by atoms with E-state index in [1.54, 1.807) is 67.7 Å². The summed E-state index contributed by atoms with van der Waals surface area (Å²) in [6.45, 7) is 0.398. The molecule has 0 radical (unpaired) electrons. The maximum atomic E-state index is 12.5. The Labute approximate surface area is 182 Å². The van der Waals surface area contributed by atoms with Crippen LogP contribution < -0.4 is 20.3 Å². The fourth-order valence-electron chi connectivity index (χ4n) is 3.09. The number of carbonyl (C=O) groups excluding carboxylic acids is 1. The monoisotopic (exact) mass is 435 g/mol. The summed E-state index contributed by atoms with van der Waals surface area (Å²) in [6, 6.07) is 11.7. The van der Waals surface area contributed by atoms with Crippen LogP contribution in [0.2, 0.25) is 0 Å². The van der Waals surface area contributed by atoms with Gasteiger partial charge in [0.1, 0.15) is 17.2 Å². The van der Waals surface area contributed by atoms with Crippen LogP contribution in [0, 0.1) is 0 Å². The predicted molar refractivity (Wildman–Crippen MR) is 115 cm³/mol. The molecule has 11 heteroatoms. The minimum absolute atomic E-state index is 0.199. The molecule has 0 aliphatic carbocycles. The Morgan fingerprint density at radius 1 is 1.16 bits per heavy atom. The number of H-pyrrole nitrogens is 1. The fraction of sp³-hybridized carbons (Fsp3) is 0.190. The van der Waals surface area contributed by atoms with Crippen LogP contribution in [0.25, 0.3) is 17.1 Å². The van der Waals surface area contributed by atoms with Crippen LogP contribution in [-0.2, 0) is 6.54 Å². The topological polar surface area (TPSA) is 129 Å². The number of benzene rings is 1. The summed E-state index contributed by atoms with van der Waals surface area (Å²) in [6.07, 6.45) is 3.35. The summed E-state index contributed by atoms with van der Waals surface area (Å²) in [5, 5.41) is 18.1. The van der Waals surface area contributed by atoms with Gasteiger partial charge < -0.3 is 14.8 Å². The van der Waals surface area contributed by atoms with E-state index in [0.717, 1.165) is 0 Å². The van der Waals surface area contributed by atoms with Gasteiger partial charge in [0.15, 0.2) is 5.82 Å². The van der Waals surface area contributed by atoms with E-state index in [9.17, 15) is 9.59 Å². The van der Waals surface area contributed by atoms with Gasteiger partial charge in [-0.2, -0.15) is 10.2 Å². The molecule has 0 unspecified atom stereocenters. The molecule has 3 heterocycles. The summed E-state index contributed by atoms with van der Waals surface area (Å²) in [7, 11) is 3.13. The van der Waals surface area contributed by atoms with Crippen molar-refractivity contribution in [2.45, 2.75) is 6.54 Å². The second-order valence-electron chi connectivity index (χ2n) is 6.69. The van der Waals surface area contributed by atoms with Gasteiger partial charge in [-0.3, -0.25) is 14.7 Å². The summed E-state index contributed by atoms with van der Waals surface area (Å²) >= 11 is 0. The van der Waals surface area contributed by atoms with E-state index in [4.69, 9.17) is 9.47 Å². The van der Waals surface area contributed by atoms with Crippen molar-refractivity contribution in [3.63, 3.8) is 0 Å². The van der Waals surface area contributed by atoms with Gasteiger partial charge in [-0.15, -0.1) is 5.10 Å². The molecule has 0 atom stereocenters. The lowest BCUT2D eigenvalue weighted by molar-refractivity contribution is 0.0946. The van der Waals surface area contributed by atoms with Gasteiger partial charge in [0.2, 0.25) is 0 Å². The first-order chi connectivity index (χ1) is 15.6. The number of hydrogen-bond donors (Lipinski definition) is 2. The van der Waals surface area contributed by atoms with E-state index in [1.165, 1.54) is 10.7 Å². The summed E-state index contributed by atoms with van der Waals surface area (Å²) < 4.78 is 13.5. The lowest BCUT2D eigenvalue weighted by atomic mass is 10.1. The van der Waals surface area contributed by atoms with Crippen molar-refractivity contribution in [1.82, 2.24) is 35.1 Å². The van der Waals surface area contributed by atoms with Crippen molar-refractivity contribution in [2.24, 2.45) is 0 Å². The maximum absolute atomic E-state index is 12.5. The highest BCUT2D eigenvalue weighted by atomic mass is 16.5. The molecule has 4 rings (SSSR count). The van der Waals surface area contributed by atoms with Crippen molar-refractivity contribution >= 4 is 5.91 Å². The molecule has 3 aromatic heterocycles. The minimum Gasteiger partial charge on any atom is -0.497 e. The highest BCUT2D eigenvalue weighted by Gasteiger charge is 2.15. The smallest absolute Gasteiger partial charge is 0.269 e. The van der Waals surface area contributed by atoms with Gasteiger partial charge in [-0.25, -0.2) is 9.36 Å². The van der Waals surface area contributed by atoms with Gasteiger partial charge in [0.25, 0.3) is 11.5 Å². The number of carbonyl (C=O) groups is 1. The number of amides is 1. The SMILES string of the molecule is COc1ccc(OC)c(-c2cc(C(=O)NCCn3nc(-n4cccn4)ccc3=O)[nH]n2)c1. The zero-order chi connectivity index (χ0) is 22.5. The average Bonchev–Trinajstić information content (AvgIpc) is 3.52. The lowest BCUT2D eigenvalue weighted by Crippen LogP contribution is -2.32. The summed E-state index contributed by atoms with van der Waals surface area (Å²) in [5.74, 6) is 1.39. The molecule has 0 bridgehead atoms. The first kappa shape index (κ1) is 20.8. The van der Waals surface area contributed by atoms with E-state index in [0.29, 0.717) is 28.6 Å². The fourth-order valence-corrected chi connectivity index (χ4v) is 3.09. The molecule has 0 saturated carbocycles. The largest absolute Gasteiger partial charge is 0.497 e. The van der Waals surface area contributed by atoms with Gasteiger partial charge in [0, 0.05) is 30.6 Å². The van der Waals surface area contributed by atoms with Crippen molar-refractivity contribution in [3.8, 4) is 28.6 Å². The van der Waals surface area contributed by atoms with Crippen LogP contribution in [0.3, 0.4) is 0 Å². The van der Waals surface area contributed by atoms with Crippen LogP contribution in [0.4, 0.5) is 0 Å². The Kier molecular flexibility index (Phi) is 5.97. The zero-order valence-corrected chi connectivity index (χ0v) is 17.5. The normalized spacial score (nSPS) is 10.7. The number of ether oxygens (including phenoxy) is 2. The van der Waals surface area contributed by atoms with Crippen LogP contribution in [0.5, 0.6) is 11.5 Å². The molecule has 0 spiro atoms. The molecule has 1 aromatic carbocycles. The van der Waals surface area contributed by atoms with Gasteiger partial charge >= 0.3 is 0 Å². The Balaban J connectivity index is 1.43. The van der Waals surface area contributed by atoms with Gasteiger partial charge in [-0.05, 0) is 36.4 Å². The second kappa shape index (κ2) is 9.16. The predicted octanol–water partition coefficient (Wildman–Crippen LogP) is 1.27. The minimum atomic E-state index is -0.359. The van der Waals surface area contributed by atoms with Crippen molar-refractivity contribution in [1.29, 1.82) is 0 Å². The third-order valence-corrected chi connectivity index (χ3v) is 4.71. The number of rotatable bonds is 8. The summed E-state index contributed by atoms with van der Waals surface area (Å²) in [5.41, 5.74) is 1.23. The molecular weight excluding hydrogens is 414 g/mol. The molecule has 11 nitrogen and oxygen atoms in total. The van der Waals surface area contributed by atoms with Gasteiger partial charge in [-0.1, -0.05) is 0 Å². The lowest BCUT2D eigenvalue weighted by Gasteiger charge is -2.08. The third kappa shape index (κ3) is 4.36. The molecule has 1 amide bonds. The third-order valence-electron chi connectivity index (χ3n) is 4.71. The zero-order valence-electron chi connectivity index (χ0n) is 17.5. The molecule has 2 N–H and O–H groups in total. The van der Waals surface area contributed by atoms with Crippen LogP contribution >= 0.6 is 0 Å². The number of methoxy groups -OCH3 is 2.